The number of hydrogen-bond donors (Lipinski definition) is 0. The smallest absolute Gasteiger partial charge is 0.340 e. The Labute approximate surface area is 207 Å². The van der Waals surface area contributed by atoms with Gasteiger partial charge in [0.25, 0.3) is 0 Å². The quantitative estimate of drug-likeness (QED) is 0.382. The Bertz CT molecular complexity index is 1500. The molecule has 0 bridgehead atoms. The molecule has 3 aliphatic rings. The highest BCUT2D eigenvalue weighted by atomic mass is 16.6. The van der Waals surface area contributed by atoms with Crippen LogP contribution in [0.5, 0.6) is 11.5 Å². The zero-order valence-electron chi connectivity index (χ0n) is 19.5. The molecule has 6 nitrogen and oxygen atoms in total. The number of carbonyl (C=O) groups excluding carboxylic acids is 2. The maximum absolute atomic E-state index is 13.2. The van der Waals surface area contributed by atoms with Gasteiger partial charge in [-0.2, -0.15) is 0 Å². The molecule has 0 saturated heterocycles. The standard InChI is InChI=1S/C30H20O6/c1-33-17-11-13-23-25(15-17)29(21-9-5-3-7-19(21)27(31)35-29)24-14-12-18(34-2)16-26(24)30(23)22-10-6-4-8-20(22)28(32)36-30/h3-16H,1-2H3. The lowest BCUT2D eigenvalue weighted by Gasteiger charge is -2.45. The molecule has 2 aliphatic heterocycles. The second-order valence-corrected chi connectivity index (χ2v) is 9.06. The van der Waals surface area contributed by atoms with E-state index in [2.05, 4.69) is 0 Å². The van der Waals surface area contributed by atoms with Crippen LogP contribution in [0.4, 0.5) is 0 Å². The average Bonchev–Trinajstić information content (AvgIpc) is 3.40. The highest BCUT2D eigenvalue weighted by Gasteiger charge is 2.62. The fourth-order valence-corrected chi connectivity index (χ4v) is 6.02. The summed E-state index contributed by atoms with van der Waals surface area (Å²) >= 11 is 0. The summed E-state index contributed by atoms with van der Waals surface area (Å²) in [6.45, 7) is 0. The SMILES string of the molecule is COc1ccc2c(c1)C1(OC(=O)c3ccccc31)c1ccc(OC)cc1C21OC(=O)c2ccccc21. The lowest BCUT2D eigenvalue weighted by atomic mass is 9.63. The van der Waals surface area contributed by atoms with Gasteiger partial charge in [0.1, 0.15) is 11.5 Å². The van der Waals surface area contributed by atoms with Crippen LogP contribution in [-0.2, 0) is 20.7 Å². The fourth-order valence-electron chi connectivity index (χ4n) is 6.02. The number of ether oxygens (including phenoxy) is 4. The van der Waals surface area contributed by atoms with E-state index < -0.39 is 23.1 Å². The van der Waals surface area contributed by atoms with E-state index in [1.807, 2.05) is 72.8 Å². The normalized spacial score (nSPS) is 22.4. The molecule has 0 aromatic heterocycles. The van der Waals surface area contributed by atoms with Crippen molar-refractivity contribution in [3.63, 3.8) is 0 Å². The molecule has 2 unspecified atom stereocenters. The van der Waals surface area contributed by atoms with Crippen LogP contribution in [0.25, 0.3) is 0 Å². The first-order valence-electron chi connectivity index (χ1n) is 11.6. The van der Waals surface area contributed by atoms with Gasteiger partial charge in [-0.3, -0.25) is 0 Å². The summed E-state index contributed by atoms with van der Waals surface area (Å²) in [5.74, 6) is 0.360. The third-order valence-electron chi connectivity index (χ3n) is 7.51. The number of esters is 2. The molecule has 2 atom stereocenters. The van der Waals surface area contributed by atoms with Crippen LogP contribution in [0.2, 0.25) is 0 Å². The van der Waals surface area contributed by atoms with Crippen molar-refractivity contribution in [1.82, 2.24) is 0 Å². The molecule has 7 rings (SSSR count). The van der Waals surface area contributed by atoms with Crippen LogP contribution in [-0.4, -0.2) is 26.2 Å². The molecule has 6 heteroatoms. The average molecular weight is 476 g/mol. The second kappa shape index (κ2) is 6.98. The van der Waals surface area contributed by atoms with E-state index in [-0.39, 0.29) is 0 Å². The van der Waals surface area contributed by atoms with E-state index in [0.717, 1.165) is 11.1 Å². The van der Waals surface area contributed by atoms with Crippen molar-refractivity contribution in [3.05, 3.63) is 129 Å². The lowest BCUT2D eigenvalue weighted by molar-refractivity contribution is 0.00725. The first-order valence-corrected chi connectivity index (χ1v) is 11.6. The molecule has 4 aromatic rings. The van der Waals surface area contributed by atoms with Crippen LogP contribution >= 0.6 is 0 Å². The van der Waals surface area contributed by atoms with Crippen LogP contribution in [0.3, 0.4) is 0 Å². The summed E-state index contributed by atoms with van der Waals surface area (Å²) < 4.78 is 23.8. The molecule has 0 radical (unpaired) electrons. The summed E-state index contributed by atoms with van der Waals surface area (Å²) in [5.41, 5.74) is 2.69. The molecule has 2 spiro atoms. The minimum absolute atomic E-state index is 0.416. The first kappa shape index (κ1) is 20.8. The van der Waals surface area contributed by atoms with Gasteiger partial charge in [-0.1, -0.05) is 48.5 Å². The maximum Gasteiger partial charge on any atom is 0.340 e. The maximum atomic E-state index is 13.2. The lowest BCUT2D eigenvalue weighted by Crippen LogP contribution is -2.44. The van der Waals surface area contributed by atoms with E-state index >= 15 is 0 Å². The number of carbonyl (C=O) groups is 2. The highest BCUT2D eigenvalue weighted by Crippen LogP contribution is 2.61. The topological polar surface area (TPSA) is 71.1 Å². The number of fused-ring (bicyclic) bond motifs is 10. The molecule has 0 amide bonds. The van der Waals surface area contributed by atoms with Crippen molar-refractivity contribution >= 4 is 11.9 Å². The van der Waals surface area contributed by atoms with Crippen molar-refractivity contribution in [3.8, 4) is 11.5 Å². The Morgan fingerprint density at radius 2 is 0.944 bits per heavy atom. The molecule has 176 valence electrons. The predicted molar refractivity (Wildman–Crippen MR) is 129 cm³/mol. The zero-order valence-corrected chi connectivity index (χ0v) is 19.5. The summed E-state index contributed by atoms with van der Waals surface area (Å²) in [5, 5.41) is 0. The molecule has 0 N–H and O–H groups in total. The van der Waals surface area contributed by atoms with Crippen molar-refractivity contribution < 1.29 is 28.5 Å². The Morgan fingerprint density at radius 1 is 0.528 bits per heavy atom. The molecule has 1 aliphatic carbocycles. The van der Waals surface area contributed by atoms with E-state index in [4.69, 9.17) is 18.9 Å². The Morgan fingerprint density at radius 3 is 1.36 bits per heavy atom. The molecular formula is C30H20O6. The van der Waals surface area contributed by atoms with E-state index in [0.29, 0.717) is 44.9 Å². The van der Waals surface area contributed by atoms with Crippen LogP contribution in [0.1, 0.15) is 54.1 Å². The van der Waals surface area contributed by atoms with Gasteiger partial charge < -0.3 is 18.9 Å². The Kier molecular flexibility index (Phi) is 4.03. The molecule has 0 fully saturated rings. The largest absolute Gasteiger partial charge is 0.497 e. The van der Waals surface area contributed by atoms with Gasteiger partial charge in [0.2, 0.25) is 0 Å². The van der Waals surface area contributed by atoms with Gasteiger partial charge in [-0.15, -0.1) is 0 Å². The third kappa shape index (κ3) is 2.31. The highest BCUT2D eigenvalue weighted by molar-refractivity contribution is 5.99. The minimum atomic E-state index is -1.26. The Balaban J connectivity index is 1.68. The molecule has 4 aromatic carbocycles. The van der Waals surface area contributed by atoms with Crippen LogP contribution in [0, 0.1) is 0 Å². The van der Waals surface area contributed by atoms with Gasteiger partial charge in [0, 0.05) is 33.4 Å². The van der Waals surface area contributed by atoms with Crippen LogP contribution < -0.4 is 9.47 Å². The van der Waals surface area contributed by atoms with E-state index in [1.165, 1.54) is 0 Å². The van der Waals surface area contributed by atoms with Crippen molar-refractivity contribution in [2.45, 2.75) is 11.2 Å². The molecular weight excluding hydrogens is 456 g/mol. The summed E-state index contributed by atoms with van der Waals surface area (Å²) in [6.07, 6.45) is 0. The summed E-state index contributed by atoms with van der Waals surface area (Å²) in [4.78, 5) is 26.5. The number of rotatable bonds is 2. The number of methoxy groups -OCH3 is 2. The molecule has 36 heavy (non-hydrogen) atoms. The monoisotopic (exact) mass is 476 g/mol. The Hall–Kier alpha value is -4.58. The van der Waals surface area contributed by atoms with E-state index in [9.17, 15) is 9.59 Å². The molecule has 0 saturated carbocycles. The van der Waals surface area contributed by atoms with Gasteiger partial charge in [-0.05, 0) is 36.4 Å². The number of hydrogen-bond acceptors (Lipinski definition) is 6. The predicted octanol–water partition coefficient (Wildman–Crippen LogP) is 4.94. The molecule has 2 heterocycles. The van der Waals surface area contributed by atoms with Gasteiger partial charge in [-0.25, -0.2) is 9.59 Å². The minimum Gasteiger partial charge on any atom is -0.497 e. The van der Waals surface area contributed by atoms with Crippen molar-refractivity contribution in [2.75, 3.05) is 14.2 Å². The zero-order chi connectivity index (χ0) is 24.7. The fraction of sp³-hybridized carbons (Fsp3) is 0.133. The van der Waals surface area contributed by atoms with Crippen molar-refractivity contribution in [2.24, 2.45) is 0 Å². The van der Waals surface area contributed by atoms with E-state index in [1.54, 1.807) is 26.4 Å². The van der Waals surface area contributed by atoms with Gasteiger partial charge in [0.05, 0.1) is 25.3 Å². The van der Waals surface area contributed by atoms with Crippen LogP contribution in [0.15, 0.2) is 84.9 Å². The van der Waals surface area contributed by atoms with Crippen molar-refractivity contribution in [1.29, 1.82) is 0 Å². The third-order valence-corrected chi connectivity index (χ3v) is 7.51. The summed E-state index contributed by atoms with van der Waals surface area (Å²) in [7, 11) is 3.18. The van der Waals surface area contributed by atoms with Gasteiger partial charge in [0.15, 0.2) is 11.2 Å². The first-order chi connectivity index (χ1) is 17.5. The number of benzene rings is 4. The van der Waals surface area contributed by atoms with Gasteiger partial charge >= 0.3 is 11.9 Å². The summed E-state index contributed by atoms with van der Waals surface area (Å²) in [6, 6.07) is 26.0. The second-order valence-electron chi connectivity index (χ2n) is 9.06.